The van der Waals surface area contributed by atoms with E-state index in [-0.39, 0.29) is 0 Å². The van der Waals surface area contributed by atoms with Crippen LogP contribution in [0.4, 0.5) is 10.7 Å². The van der Waals surface area contributed by atoms with Crippen LogP contribution in [0.15, 0.2) is 54.6 Å². The number of halogens is 1. The van der Waals surface area contributed by atoms with Gasteiger partial charge in [-0.2, -0.15) is 0 Å². The van der Waals surface area contributed by atoms with E-state index >= 15 is 0 Å². The summed E-state index contributed by atoms with van der Waals surface area (Å²) >= 11 is 9.18. The summed E-state index contributed by atoms with van der Waals surface area (Å²) in [5, 5.41) is 7.44. The molecule has 2 N–H and O–H groups in total. The lowest BCUT2D eigenvalue weighted by Gasteiger charge is -2.12. The molecular weight excluding hydrogens is 491 g/mol. The van der Waals surface area contributed by atoms with Gasteiger partial charge in [0, 0.05) is 14.0 Å². The van der Waals surface area contributed by atoms with Crippen molar-refractivity contribution in [2.75, 3.05) is 17.7 Å². The Morgan fingerprint density at radius 1 is 1.07 bits per heavy atom. The number of rotatable bonds is 4. The quantitative estimate of drug-likeness (QED) is 0.260. The van der Waals surface area contributed by atoms with Crippen molar-refractivity contribution >= 4 is 67.9 Å². The highest BCUT2D eigenvalue weighted by molar-refractivity contribution is 14.1. The third kappa shape index (κ3) is 4.48. The predicted molar refractivity (Wildman–Crippen MR) is 125 cm³/mol. The maximum Gasteiger partial charge on any atom is 0.341 e. The second-order valence-corrected chi connectivity index (χ2v) is 8.45. The number of ether oxygens (including phenoxy) is 1. The Bertz CT molecular complexity index is 987. The third-order valence-corrected chi connectivity index (χ3v) is 6.05. The maximum absolute atomic E-state index is 12.5. The molecular formula is C20H17IN2O2S2. The minimum atomic E-state index is -0.391. The van der Waals surface area contributed by atoms with Crippen molar-refractivity contribution < 1.29 is 9.53 Å². The lowest BCUT2D eigenvalue weighted by molar-refractivity contribution is 0.0603. The van der Waals surface area contributed by atoms with Crippen molar-refractivity contribution in [2.45, 2.75) is 6.92 Å². The van der Waals surface area contributed by atoms with Crippen LogP contribution in [-0.2, 0) is 4.74 Å². The molecule has 0 saturated heterocycles. The van der Waals surface area contributed by atoms with Gasteiger partial charge in [0.2, 0.25) is 0 Å². The summed E-state index contributed by atoms with van der Waals surface area (Å²) in [5.74, 6) is -0.391. The van der Waals surface area contributed by atoms with Crippen LogP contribution in [0.3, 0.4) is 0 Å². The number of benzene rings is 2. The van der Waals surface area contributed by atoms with E-state index in [0.717, 1.165) is 25.3 Å². The molecule has 3 rings (SSSR count). The molecule has 1 aromatic heterocycles. The van der Waals surface area contributed by atoms with E-state index in [4.69, 9.17) is 17.0 Å². The number of carbonyl (C=O) groups is 1. The Labute approximate surface area is 181 Å². The molecule has 0 spiro atoms. The number of hydrogen-bond donors (Lipinski definition) is 2. The number of nitrogens with one attached hydrogen (secondary N) is 2. The predicted octanol–water partition coefficient (Wildman–Crippen LogP) is 5.92. The second kappa shape index (κ2) is 8.81. The van der Waals surface area contributed by atoms with Gasteiger partial charge in [-0.15, -0.1) is 11.3 Å². The second-order valence-electron chi connectivity index (χ2n) is 5.65. The van der Waals surface area contributed by atoms with Gasteiger partial charge in [0.25, 0.3) is 0 Å². The number of aryl methyl sites for hydroxylation is 1. The molecule has 138 valence electrons. The van der Waals surface area contributed by atoms with Crippen LogP contribution < -0.4 is 10.6 Å². The molecule has 7 heteroatoms. The van der Waals surface area contributed by atoms with Gasteiger partial charge < -0.3 is 15.4 Å². The first-order chi connectivity index (χ1) is 13.0. The summed E-state index contributed by atoms with van der Waals surface area (Å²) in [4.78, 5) is 13.5. The average molecular weight is 508 g/mol. The van der Waals surface area contributed by atoms with Crippen LogP contribution in [0.25, 0.3) is 11.1 Å². The summed E-state index contributed by atoms with van der Waals surface area (Å²) in [5.41, 5.74) is 3.24. The van der Waals surface area contributed by atoms with Crippen molar-refractivity contribution in [1.82, 2.24) is 0 Å². The fourth-order valence-electron chi connectivity index (χ4n) is 2.70. The minimum absolute atomic E-state index is 0.391. The van der Waals surface area contributed by atoms with Crippen LogP contribution in [0.1, 0.15) is 15.2 Å². The molecule has 2 aromatic carbocycles. The summed E-state index contributed by atoms with van der Waals surface area (Å²) < 4.78 is 6.09. The fraction of sp³-hybridized carbons (Fsp3) is 0.100. The van der Waals surface area contributed by atoms with E-state index in [1.54, 1.807) is 0 Å². The van der Waals surface area contributed by atoms with Crippen molar-refractivity contribution in [1.29, 1.82) is 0 Å². The Morgan fingerprint density at radius 2 is 1.74 bits per heavy atom. The minimum Gasteiger partial charge on any atom is -0.465 e. The summed E-state index contributed by atoms with van der Waals surface area (Å²) in [7, 11) is 1.39. The van der Waals surface area contributed by atoms with E-state index in [1.165, 1.54) is 18.4 Å². The van der Waals surface area contributed by atoms with Crippen molar-refractivity contribution in [3.05, 3.63) is 68.6 Å². The number of methoxy groups -OCH3 is 1. The van der Waals surface area contributed by atoms with Gasteiger partial charge in [-0.3, -0.25) is 0 Å². The Kier molecular flexibility index (Phi) is 6.46. The van der Waals surface area contributed by atoms with Crippen LogP contribution >= 0.6 is 46.1 Å². The molecule has 0 fully saturated rings. The van der Waals surface area contributed by atoms with E-state index in [1.807, 2.05) is 61.5 Å². The molecule has 4 nitrogen and oxygen atoms in total. The van der Waals surface area contributed by atoms with E-state index in [0.29, 0.717) is 15.7 Å². The molecule has 1 heterocycles. The summed E-state index contributed by atoms with van der Waals surface area (Å²) in [6.07, 6.45) is 0. The van der Waals surface area contributed by atoms with Gasteiger partial charge in [-0.25, -0.2) is 4.79 Å². The Hall–Kier alpha value is -1.97. The summed E-state index contributed by atoms with van der Waals surface area (Å²) in [6.45, 7) is 1.99. The number of carbonyl (C=O) groups excluding carboxylic acids is 1. The topological polar surface area (TPSA) is 50.4 Å². The lowest BCUT2D eigenvalue weighted by Crippen LogP contribution is -2.20. The zero-order valence-corrected chi connectivity index (χ0v) is 18.5. The molecule has 0 radical (unpaired) electrons. The third-order valence-electron chi connectivity index (χ3n) is 3.89. The van der Waals surface area contributed by atoms with E-state index in [2.05, 4.69) is 33.2 Å². The van der Waals surface area contributed by atoms with Gasteiger partial charge in [0.05, 0.1) is 12.8 Å². The van der Waals surface area contributed by atoms with Crippen molar-refractivity contribution in [2.24, 2.45) is 0 Å². The molecule has 0 amide bonds. The molecule has 0 aliphatic rings. The molecule has 0 unspecified atom stereocenters. The molecule has 27 heavy (non-hydrogen) atoms. The normalized spacial score (nSPS) is 10.3. The number of thiophene rings is 1. The maximum atomic E-state index is 12.5. The number of esters is 1. The van der Waals surface area contributed by atoms with Gasteiger partial charge in [-0.05, 0) is 59.4 Å². The lowest BCUT2D eigenvalue weighted by atomic mass is 10.0. The molecule has 3 aromatic rings. The van der Waals surface area contributed by atoms with Gasteiger partial charge >= 0.3 is 5.97 Å². The van der Waals surface area contributed by atoms with Crippen molar-refractivity contribution in [3.63, 3.8) is 0 Å². The number of anilines is 2. The highest BCUT2D eigenvalue weighted by Gasteiger charge is 2.24. The Morgan fingerprint density at radius 3 is 2.41 bits per heavy atom. The zero-order valence-electron chi connectivity index (χ0n) is 14.7. The molecule has 0 atom stereocenters. The van der Waals surface area contributed by atoms with Gasteiger partial charge in [0.1, 0.15) is 10.6 Å². The van der Waals surface area contributed by atoms with E-state index in [9.17, 15) is 4.79 Å². The van der Waals surface area contributed by atoms with Gasteiger partial charge in [-0.1, -0.05) is 42.5 Å². The van der Waals surface area contributed by atoms with Crippen LogP contribution in [0, 0.1) is 10.5 Å². The first kappa shape index (κ1) is 19.8. The van der Waals surface area contributed by atoms with Crippen LogP contribution in [0.2, 0.25) is 0 Å². The number of hydrogen-bond acceptors (Lipinski definition) is 4. The van der Waals surface area contributed by atoms with Crippen molar-refractivity contribution in [3.8, 4) is 11.1 Å². The largest absolute Gasteiger partial charge is 0.465 e. The monoisotopic (exact) mass is 508 g/mol. The summed E-state index contributed by atoms with van der Waals surface area (Å²) in [6, 6.07) is 17.7. The highest BCUT2D eigenvalue weighted by atomic mass is 127. The average Bonchev–Trinajstić information content (AvgIpc) is 2.99. The molecule has 0 aliphatic carbocycles. The number of thiocarbonyl (C=S) groups is 1. The van der Waals surface area contributed by atoms with Crippen LogP contribution in [-0.4, -0.2) is 18.2 Å². The number of para-hydroxylation sites is 1. The molecule has 0 aliphatic heterocycles. The first-order valence-electron chi connectivity index (χ1n) is 8.11. The SMILES string of the molecule is COC(=O)c1c(NC(=S)Nc2ccccc2I)sc(C)c1-c1ccccc1. The highest BCUT2D eigenvalue weighted by Crippen LogP contribution is 2.40. The zero-order chi connectivity index (χ0) is 19.4. The first-order valence-corrected chi connectivity index (χ1v) is 10.4. The van der Waals surface area contributed by atoms with E-state index < -0.39 is 5.97 Å². The smallest absolute Gasteiger partial charge is 0.341 e. The Balaban J connectivity index is 1.95. The van der Waals surface area contributed by atoms with Crippen LogP contribution in [0.5, 0.6) is 0 Å². The standard InChI is InChI=1S/C20H17IN2O2S2/c1-12-16(13-8-4-3-5-9-13)17(19(24)25-2)18(27-12)23-20(26)22-15-11-7-6-10-14(15)21/h3-11H,1-2H3,(H2,22,23,26). The fourth-order valence-corrected chi connectivity index (χ4v) is 4.57. The van der Waals surface area contributed by atoms with Gasteiger partial charge in [0.15, 0.2) is 5.11 Å². The molecule has 0 saturated carbocycles. The molecule has 0 bridgehead atoms.